The van der Waals surface area contributed by atoms with Crippen molar-refractivity contribution in [2.24, 2.45) is 0 Å². The molecule has 0 spiro atoms. The maximum Gasteiger partial charge on any atom is 0.413 e. The maximum atomic E-state index is 12.5. The van der Waals surface area contributed by atoms with Gasteiger partial charge in [-0.1, -0.05) is 59.9 Å². The van der Waals surface area contributed by atoms with Crippen LogP contribution in [-0.4, -0.2) is 53.4 Å². The third-order valence-corrected chi connectivity index (χ3v) is 6.85. The van der Waals surface area contributed by atoms with E-state index in [0.717, 1.165) is 33.6 Å². The molecule has 10 heteroatoms. The van der Waals surface area contributed by atoms with E-state index in [9.17, 15) is 14.4 Å². The number of carboxylic acid groups (broad SMARTS) is 1. The predicted octanol–water partition coefficient (Wildman–Crippen LogP) is 3.48. The van der Waals surface area contributed by atoms with Crippen molar-refractivity contribution in [1.29, 1.82) is 0 Å². The molecule has 0 radical (unpaired) electrons. The topological polar surface area (TPSA) is 127 Å². The Morgan fingerprint density at radius 1 is 1.09 bits per heavy atom. The first-order valence-corrected chi connectivity index (χ1v) is 11.6. The average molecular weight is 480 g/mol. The number of benzene rings is 2. The van der Waals surface area contributed by atoms with E-state index in [1.807, 2.05) is 36.4 Å². The van der Waals surface area contributed by atoms with Gasteiger partial charge < -0.3 is 19.9 Å². The Morgan fingerprint density at radius 2 is 1.76 bits per heavy atom. The van der Waals surface area contributed by atoms with Gasteiger partial charge in [0, 0.05) is 12.5 Å². The van der Waals surface area contributed by atoms with Crippen molar-refractivity contribution in [3.63, 3.8) is 0 Å². The molecule has 2 unspecified atom stereocenters. The summed E-state index contributed by atoms with van der Waals surface area (Å²) in [6.07, 6.45) is -0.00888. The number of amides is 2. The number of nitrogens with zero attached hydrogens (tertiary/aromatic N) is 1. The van der Waals surface area contributed by atoms with Crippen LogP contribution in [0.1, 0.15) is 33.1 Å². The summed E-state index contributed by atoms with van der Waals surface area (Å²) in [4.78, 5) is 40.4. The summed E-state index contributed by atoms with van der Waals surface area (Å²) in [6, 6.07) is 15.5. The molecular weight excluding hydrogens is 458 g/mol. The molecular formula is C24H21N3O6S. The van der Waals surface area contributed by atoms with E-state index in [0.29, 0.717) is 6.42 Å². The van der Waals surface area contributed by atoms with Crippen molar-refractivity contribution in [2.75, 3.05) is 18.5 Å². The van der Waals surface area contributed by atoms with E-state index in [1.54, 1.807) is 0 Å². The van der Waals surface area contributed by atoms with Crippen LogP contribution >= 0.6 is 11.3 Å². The summed E-state index contributed by atoms with van der Waals surface area (Å²) < 4.78 is 10.6. The van der Waals surface area contributed by atoms with Gasteiger partial charge in [-0.25, -0.2) is 14.6 Å². The molecule has 2 atom stereocenters. The zero-order valence-electron chi connectivity index (χ0n) is 17.9. The molecule has 1 aliphatic heterocycles. The standard InChI is InChI=1S/C24H21N3O6S/c28-21(26-18-9-10-32-20(18)22(29)30)19-11-25-23(34-19)27-24(31)33-12-17-15-7-3-1-5-13(15)14-6-2-4-8-16(14)17/h1-8,11,17-18,20H,9-10,12H2,(H,26,28)(H,29,30)(H,25,27,31). The quantitative estimate of drug-likeness (QED) is 0.494. The van der Waals surface area contributed by atoms with Gasteiger partial charge in [-0.05, 0) is 28.7 Å². The van der Waals surface area contributed by atoms with Crippen molar-refractivity contribution in [2.45, 2.75) is 24.5 Å². The molecule has 174 valence electrons. The van der Waals surface area contributed by atoms with E-state index in [1.165, 1.54) is 6.20 Å². The average Bonchev–Trinajstić information content (AvgIpc) is 3.56. The number of rotatable bonds is 6. The van der Waals surface area contributed by atoms with Crippen LogP contribution < -0.4 is 10.6 Å². The fourth-order valence-corrected chi connectivity index (χ4v) is 5.08. The van der Waals surface area contributed by atoms with Crippen LogP contribution in [0.2, 0.25) is 0 Å². The molecule has 1 fully saturated rings. The van der Waals surface area contributed by atoms with Gasteiger partial charge in [0.2, 0.25) is 0 Å². The highest BCUT2D eigenvalue weighted by atomic mass is 32.1. The summed E-state index contributed by atoms with van der Waals surface area (Å²) in [5.74, 6) is -1.66. The number of carboxylic acids is 1. The van der Waals surface area contributed by atoms with E-state index in [-0.39, 0.29) is 29.1 Å². The second-order valence-electron chi connectivity index (χ2n) is 7.98. The largest absolute Gasteiger partial charge is 0.479 e. The van der Waals surface area contributed by atoms with Crippen LogP contribution in [0.3, 0.4) is 0 Å². The SMILES string of the molecule is O=C(Nc1ncc(C(=O)NC2CCOC2C(=O)O)s1)OCC1c2ccccc2-c2ccccc21. The lowest BCUT2D eigenvalue weighted by Gasteiger charge is -2.15. The minimum absolute atomic E-state index is 0.0633. The molecule has 1 aliphatic carbocycles. The minimum Gasteiger partial charge on any atom is -0.479 e. The van der Waals surface area contributed by atoms with Gasteiger partial charge >= 0.3 is 12.1 Å². The lowest BCUT2D eigenvalue weighted by atomic mass is 9.98. The van der Waals surface area contributed by atoms with Crippen LogP contribution in [0.15, 0.2) is 54.7 Å². The number of hydrogen-bond donors (Lipinski definition) is 3. The highest BCUT2D eigenvalue weighted by molar-refractivity contribution is 7.17. The highest BCUT2D eigenvalue weighted by Crippen LogP contribution is 2.44. The number of carbonyl (C=O) groups excluding carboxylic acids is 2. The molecule has 1 aromatic heterocycles. The molecule has 2 aromatic carbocycles. The maximum absolute atomic E-state index is 12.5. The van der Waals surface area contributed by atoms with Crippen molar-refractivity contribution in [3.05, 3.63) is 70.7 Å². The molecule has 9 nitrogen and oxygen atoms in total. The van der Waals surface area contributed by atoms with Crippen LogP contribution in [-0.2, 0) is 14.3 Å². The van der Waals surface area contributed by atoms with Crippen LogP contribution in [0.5, 0.6) is 0 Å². The number of ether oxygens (including phenoxy) is 2. The number of hydrogen-bond acceptors (Lipinski definition) is 7. The van der Waals surface area contributed by atoms with Gasteiger partial charge in [0.25, 0.3) is 5.91 Å². The number of aromatic nitrogens is 1. The van der Waals surface area contributed by atoms with Gasteiger partial charge in [-0.3, -0.25) is 10.1 Å². The summed E-state index contributed by atoms with van der Waals surface area (Å²) in [6.45, 7) is 0.427. The molecule has 2 heterocycles. The van der Waals surface area contributed by atoms with Crippen LogP contribution in [0, 0.1) is 0 Å². The third-order valence-electron chi connectivity index (χ3n) is 5.93. The van der Waals surface area contributed by atoms with Crippen molar-refractivity contribution < 1.29 is 29.0 Å². The van der Waals surface area contributed by atoms with E-state index in [4.69, 9.17) is 14.6 Å². The Labute approximate surface area is 198 Å². The number of aliphatic carboxylic acids is 1. The Hall–Kier alpha value is -3.76. The summed E-state index contributed by atoms with van der Waals surface area (Å²) in [5, 5.41) is 14.6. The van der Waals surface area contributed by atoms with Gasteiger partial charge in [0.15, 0.2) is 11.2 Å². The first-order chi connectivity index (χ1) is 16.5. The Morgan fingerprint density at radius 3 is 2.44 bits per heavy atom. The first-order valence-electron chi connectivity index (χ1n) is 10.7. The summed E-state index contributed by atoms with van der Waals surface area (Å²) in [5.41, 5.74) is 4.50. The molecule has 1 saturated heterocycles. The number of carbonyl (C=O) groups is 3. The fourth-order valence-electron chi connectivity index (χ4n) is 4.38. The van der Waals surface area contributed by atoms with E-state index >= 15 is 0 Å². The molecule has 3 N–H and O–H groups in total. The van der Waals surface area contributed by atoms with Gasteiger partial charge in [-0.2, -0.15) is 0 Å². The Kier molecular flexibility index (Phi) is 5.99. The van der Waals surface area contributed by atoms with E-state index < -0.39 is 30.1 Å². The minimum atomic E-state index is -1.12. The predicted molar refractivity (Wildman–Crippen MR) is 124 cm³/mol. The number of thiazole rings is 1. The number of anilines is 1. The van der Waals surface area contributed by atoms with Crippen molar-refractivity contribution in [3.8, 4) is 11.1 Å². The molecule has 0 bridgehead atoms. The van der Waals surface area contributed by atoms with Gasteiger partial charge in [0.05, 0.1) is 12.2 Å². The zero-order chi connectivity index (χ0) is 23.7. The monoisotopic (exact) mass is 479 g/mol. The molecule has 2 aliphatic rings. The Balaban J connectivity index is 1.19. The molecule has 5 rings (SSSR count). The second kappa shape index (κ2) is 9.24. The van der Waals surface area contributed by atoms with Crippen LogP contribution in [0.4, 0.5) is 9.93 Å². The van der Waals surface area contributed by atoms with Crippen molar-refractivity contribution in [1.82, 2.24) is 10.3 Å². The normalized spacial score (nSPS) is 18.7. The molecule has 34 heavy (non-hydrogen) atoms. The molecule has 0 saturated carbocycles. The molecule has 2 amide bonds. The first kappa shape index (κ1) is 22.1. The molecule has 3 aromatic rings. The summed E-state index contributed by atoms with van der Waals surface area (Å²) in [7, 11) is 0. The summed E-state index contributed by atoms with van der Waals surface area (Å²) >= 11 is 0.974. The Bertz CT molecular complexity index is 1210. The lowest BCUT2D eigenvalue weighted by Crippen LogP contribution is -2.43. The third kappa shape index (κ3) is 4.25. The van der Waals surface area contributed by atoms with E-state index in [2.05, 4.69) is 27.8 Å². The highest BCUT2D eigenvalue weighted by Gasteiger charge is 2.35. The smallest absolute Gasteiger partial charge is 0.413 e. The zero-order valence-corrected chi connectivity index (χ0v) is 18.7. The number of nitrogens with one attached hydrogen (secondary N) is 2. The van der Waals surface area contributed by atoms with Gasteiger partial charge in [-0.15, -0.1) is 0 Å². The second-order valence-corrected chi connectivity index (χ2v) is 9.01. The lowest BCUT2D eigenvalue weighted by molar-refractivity contribution is -0.148. The number of fused-ring (bicyclic) bond motifs is 3. The fraction of sp³-hybridized carbons (Fsp3) is 0.250. The van der Waals surface area contributed by atoms with Gasteiger partial charge in [0.1, 0.15) is 11.5 Å². The van der Waals surface area contributed by atoms with Crippen LogP contribution in [0.25, 0.3) is 11.1 Å². The van der Waals surface area contributed by atoms with Crippen molar-refractivity contribution >= 4 is 34.4 Å².